The van der Waals surface area contributed by atoms with Crippen LogP contribution in [0.5, 0.6) is 5.75 Å². The zero-order valence-corrected chi connectivity index (χ0v) is 23.4. The van der Waals surface area contributed by atoms with Gasteiger partial charge in [0.05, 0.1) is 0 Å². The van der Waals surface area contributed by atoms with Crippen molar-refractivity contribution in [3.8, 4) is 5.75 Å². The highest BCUT2D eigenvalue weighted by Crippen LogP contribution is 2.37. The second-order valence-electron chi connectivity index (χ2n) is 10.9. The van der Waals surface area contributed by atoms with Crippen LogP contribution >= 0.6 is 12.6 Å². The third-order valence-electron chi connectivity index (χ3n) is 5.94. The highest BCUT2D eigenvalue weighted by atomic mass is 32.1. The molecule has 2 rings (SSSR count). The number of rotatable bonds is 10. The van der Waals surface area contributed by atoms with E-state index in [-0.39, 0.29) is 10.8 Å². The highest BCUT2D eigenvalue weighted by molar-refractivity contribution is 7.80. The Hall–Kier alpha value is -1.23. The Morgan fingerprint density at radius 2 is 1.50 bits per heavy atom. The molecule has 0 aliphatic rings. The van der Waals surface area contributed by atoms with Gasteiger partial charge in [-0.15, -0.1) is 12.6 Å². The topological polar surface area (TPSA) is 18.5 Å². The van der Waals surface area contributed by atoms with Gasteiger partial charge >= 0.3 is 8.56 Å². The van der Waals surface area contributed by atoms with Crippen LogP contribution < -0.4 is 9.61 Å². The molecule has 2 nitrogen and oxygen atoms in total. The SMILES string of the molecule is CCCCO[Si](CCCC)(Oc1ccc(C(C)(C)C)cc1C(C)(C)C)c1ccccc1S. The molecule has 0 aromatic heterocycles. The number of thiol groups is 1. The fraction of sp³-hybridized carbons (Fsp3) is 0.571. The van der Waals surface area contributed by atoms with Crippen LogP contribution in [0.15, 0.2) is 47.4 Å². The molecule has 0 amide bonds. The van der Waals surface area contributed by atoms with Gasteiger partial charge in [-0.1, -0.05) is 105 Å². The lowest BCUT2D eigenvalue weighted by Gasteiger charge is -2.35. The summed E-state index contributed by atoms with van der Waals surface area (Å²) in [6.07, 6.45) is 4.33. The van der Waals surface area contributed by atoms with Gasteiger partial charge in [-0.2, -0.15) is 0 Å². The predicted molar refractivity (Wildman–Crippen MR) is 144 cm³/mol. The molecule has 2 aromatic rings. The van der Waals surface area contributed by atoms with E-state index >= 15 is 0 Å². The van der Waals surface area contributed by atoms with E-state index in [1.54, 1.807) is 0 Å². The van der Waals surface area contributed by atoms with Crippen LogP contribution in [0, 0.1) is 0 Å². The molecule has 1 unspecified atom stereocenters. The van der Waals surface area contributed by atoms with Gasteiger partial charge in [-0.25, -0.2) is 0 Å². The zero-order valence-electron chi connectivity index (χ0n) is 21.5. The van der Waals surface area contributed by atoms with Gasteiger partial charge in [0.25, 0.3) is 0 Å². The maximum atomic E-state index is 7.11. The summed E-state index contributed by atoms with van der Waals surface area (Å²) in [4.78, 5) is 0.968. The third kappa shape index (κ3) is 6.88. The molecule has 0 fully saturated rings. The van der Waals surface area contributed by atoms with Crippen molar-refractivity contribution in [2.24, 2.45) is 0 Å². The molecule has 0 saturated heterocycles. The van der Waals surface area contributed by atoms with Crippen LogP contribution in [0.25, 0.3) is 0 Å². The lowest BCUT2D eigenvalue weighted by molar-refractivity contribution is 0.240. The van der Waals surface area contributed by atoms with E-state index in [9.17, 15) is 0 Å². The minimum atomic E-state index is -2.77. The summed E-state index contributed by atoms with van der Waals surface area (Å²) in [5.74, 6) is 0.960. The molecular formula is C28H44O2SSi. The standard InChI is InChI=1S/C28H44O2SSi/c1-9-11-19-29-32(20-12-10-2,26-16-14-13-15-25(26)31)30-24-18-17-22(27(3,4)5)21-23(24)28(6,7)8/h13-18,21,31H,9-12,19-20H2,1-8H3. The summed E-state index contributed by atoms with van der Waals surface area (Å²) in [7, 11) is -2.77. The van der Waals surface area contributed by atoms with Crippen LogP contribution in [-0.4, -0.2) is 15.2 Å². The first-order valence-electron chi connectivity index (χ1n) is 12.2. The largest absolute Gasteiger partial charge is 0.517 e. The minimum Gasteiger partial charge on any atom is -0.517 e. The van der Waals surface area contributed by atoms with Gasteiger partial charge in [0.1, 0.15) is 5.75 Å². The van der Waals surface area contributed by atoms with Crippen LogP contribution in [0.1, 0.15) is 92.2 Å². The van der Waals surface area contributed by atoms with Crippen molar-refractivity contribution in [3.05, 3.63) is 53.6 Å². The third-order valence-corrected chi connectivity index (χ3v) is 10.0. The molecule has 32 heavy (non-hydrogen) atoms. The molecule has 0 saturated carbocycles. The van der Waals surface area contributed by atoms with Gasteiger partial charge in [0.2, 0.25) is 0 Å². The second-order valence-corrected chi connectivity index (χ2v) is 14.4. The molecule has 0 heterocycles. The van der Waals surface area contributed by atoms with E-state index in [2.05, 4.69) is 91.8 Å². The van der Waals surface area contributed by atoms with Crippen molar-refractivity contribution < 1.29 is 8.85 Å². The molecule has 2 aromatic carbocycles. The van der Waals surface area contributed by atoms with E-state index in [0.717, 1.165) is 54.2 Å². The summed E-state index contributed by atoms with van der Waals surface area (Å²) in [5, 5.41) is 1.15. The fourth-order valence-electron chi connectivity index (χ4n) is 3.86. The van der Waals surface area contributed by atoms with E-state index in [0.29, 0.717) is 0 Å². The molecule has 1 atom stereocenters. The Kier molecular flexibility index (Phi) is 9.51. The molecule has 0 spiro atoms. The van der Waals surface area contributed by atoms with Crippen molar-refractivity contribution in [2.75, 3.05) is 6.61 Å². The first-order valence-corrected chi connectivity index (χ1v) is 14.7. The van der Waals surface area contributed by atoms with E-state index in [1.807, 2.05) is 6.07 Å². The molecular weight excluding hydrogens is 428 g/mol. The van der Waals surface area contributed by atoms with Crippen LogP contribution in [-0.2, 0) is 15.3 Å². The maximum Gasteiger partial charge on any atom is 0.434 e. The zero-order chi connectivity index (χ0) is 24.0. The number of benzene rings is 2. The molecule has 178 valence electrons. The van der Waals surface area contributed by atoms with Gasteiger partial charge in [0.15, 0.2) is 0 Å². The van der Waals surface area contributed by atoms with E-state index in [1.165, 1.54) is 11.1 Å². The van der Waals surface area contributed by atoms with Crippen molar-refractivity contribution in [2.45, 2.75) is 103 Å². The Morgan fingerprint density at radius 3 is 2.06 bits per heavy atom. The molecule has 0 aliphatic heterocycles. The first kappa shape index (κ1) is 27.0. The Balaban J connectivity index is 2.65. The highest BCUT2D eigenvalue weighted by Gasteiger charge is 2.44. The van der Waals surface area contributed by atoms with Crippen molar-refractivity contribution in [1.82, 2.24) is 0 Å². The first-order chi connectivity index (χ1) is 14.9. The number of hydrogen-bond donors (Lipinski definition) is 1. The van der Waals surface area contributed by atoms with Crippen molar-refractivity contribution in [3.63, 3.8) is 0 Å². The lowest BCUT2D eigenvalue weighted by atomic mass is 9.80. The van der Waals surface area contributed by atoms with Crippen LogP contribution in [0.2, 0.25) is 6.04 Å². The fourth-order valence-corrected chi connectivity index (χ4v) is 8.02. The van der Waals surface area contributed by atoms with E-state index in [4.69, 9.17) is 21.5 Å². The van der Waals surface area contributed by atoms with Gasteiger partial charge in [0, 0.05) is 22.7 Å². The summed E-state index contributed by atoms with van der Waals surface area (Å²) >= 11 is 4.84. The normalized spacial score (nSPS) is 14.3. The molecule has 0 N–H and O–H groups in total. The number of hydrogen-bond acceptors (Lipinski definition) is 3. The van der Waals surface area contributed by atoms with Gasteiger partial charge < -0.3 is 8.85 Å². The lowest BCUT2D eigenvalue weighted by Crippen LogP contribution is -2.57. The average molecular weight is 473 g/mol. The van der Waals surface area contributed by atoms with Crippen LogP contribution in [0.3, 0.4) is 0 Å². The molecule has 4 heteroatoms. The smallest absolute Gasteiger partial charge is 0.434 e. The van der Waals surface area contributed by atoms with Crippen molar-refractivity contribution >= 4 is 26.4 Å². The number of unbranched alkanes of at least 4 members (excludes halogenated alkanes) is 2. The molecule has 0 aliphatic carbocycles. The van der Waals surface area contributed by atoms with Crippen molar-refractivity contribution in [1.29, 1.82) is 0 Å². The second kappa shape index (κ2) is 11.3. The molecule has 0 radical (unpaired) electrons. The average Bonchev–Trinajstić information content (AvgIpc) is 2.71. The Labute approximate surface area is 203 Å². The summed E-state index contributed by atoms with van der Waals surface area (Å²) in [5.41, 5.74) is 2.63. The monoisotopic (exact) mass is 472 g/mol. The van der Waals surface area contributed by atoms with Crippen LogP contribution in [0.4, 0.5) is 0 Å². The summed E-state index contributed by atoms with van der Waals surface area (Å²) < 4.78 is 13.9. The van der Waals surface area contributed by atoms with E-state index < -0.39 is 8.56 Å². The Bertz CT molecular complexity index is 866. The van der Waals surface area contributed by atoms with Gasteiger partial charge in [-0.05, 0) is 40.5 Å². The quantitative estimate of drug-likeness (QED) is 0.215. The summed E-state index contributed by atoms with van der Waals surface area (Å²) in [6, 6.07) is 16.0. The summed E-state index contributed by atoms with van der Waals surface area (Å²) in [6.45, 7) is 18.7. The maximum absolute atomic E-state index is 7.11. The predicted octanol–water partition coefficient (Wildman–Crippen LogP) is 7.92. The minimum absolute atomic E-state index is 0.0363. The van der Waals surface area contributed by atoms with Gasteiger partial charge in [-0.3, -0.25) is 0 Å². The Morgan fingerprint density at radius 1 is 0.844 bits per heavy atom. The molecule has 0 bridgehead atoms.